The number of rotatable bonds is 2. The molecule has 2 aliphatic heterocycles. The first-order chi connectivity index (χ1) is 12.1. The van der Waals surface area contributed by atoms with Crippen molar-refractivity contribution in [1.29, 1.82) is 0 Å². The van der Waals surface area contributed by atoms with Gasteiger partial charge in [-0.2, -0.15) is 0 Å². The summed E-state index contributed by atoms with van der Waals surface area (Å²) in [5.74, 6) is 2.19. The first-order valence-corrected chi connectivity index (χ1v) is 8.92. The second-order valence-corrected chi connectivity index (χ2v) is 7.02. The normalized spacial score (nSPS) is 15.9. The summed E-state index contributed by atoms with van der Waals surface area (Å²) in [4.78, 5) is 14.8. The third kappa shape index (κ3) is 3.09. The minimum absolute atomic E-state index is 0.0934. The second kappa shape index (κ2) is 6.43. The van der Waals surface area contributed by atoms with Gasteiger partial charge in [0.05, 0.1) is 0 Å². The standard InChI is InChI=1S/C21H23NO3/c1-14(2)15-3-5-16(6-4-15)21(23)22-8-7-17-11-19-20(12-18(17)13-22)25-10-9-24-19/h3-6,11-12,14H,7-10,13H2,1-2H3. The topological polar surface area (TPSA) is 38.8 Å². The Morgan fingerprint density at radius 3 is 2.28 bits per heavy atom. The van der Waals surface area contributed by atoms with Crippen LogP contribution in [-0.4, -0.2) is 30.6 Å². The van der Waals surface area contributed by atoms with Gasteiger partial charge in [0.15, 0.2) is 11.5 Å². The quantitative estimate of drug-likeness (QED) is 0.837. The third-order valence-corrected chi connectivity index (χ3v) is 4.99. The number of hydrogen-bond donors (Lipinski definition) is 0. The molecule has 2 aromatic rings. The van der Waals surface area contributed by atoms with Gasteiger partial charge in [0, 0.05) is 18.7 Å². The van der Waals surface area contributed by atoms with Gasteiger partial charge in [-0.1, -0.05) is 26.0 Å². The van der Waals surface area contributed by atoms with Crippen molar-refractivity contribution in [2.75, 3.05) is 19.8 Å². The molecular formula is C21H23NO3. The van der Waals surface area contributed by atoms with Gasteiger partial charge in [-0.05, 0) is 53.3 Å². The summed E-state index contributed by atoms with van der Waals surface area (Å²) in [7, 11) is 0. The molecule has 0 saturated heterocycles. The monoisotopic (exact) mass is 337 g/mol. The molecule has 0 fully saturated rings. The van der Waals surface area contributed by atoms with Gasteiger partial charge in [0.2, 0.25) is 0 Å². The average Bonchev–Trinajstić information content (AvgIpc) is 2.65. The van der Waals surface area contributed by atoms with E-state index in [0.717, 1.165) is 35.6 Å². The fourth-order valence-corrected chi connectivity index (χ4v) is 3.46. The maximum Gasteiger partial charge on any atom is 0.254 e. The van der Waals surface area contributed by atoms with Crippen molar-refractivity contribution in [2.24, 2.45) is 0 Å². The lowest BCUT2D eigenvalue weighted by Gasteiger charge is -2.30. The Kier molecular flexibility index (Phi) is 4.12. The molecule has 4 nitrogen and oxygen atoms in total. The number of ether oxygens (including phenoxy) is 2. The number of benzene rings is 2. The van der Waals surface area contributed by atoms with Crippen molar-refractivity contribution >= 4 is 5.91 Å². The van der Waals surface area contributed by atoms with Crippen LogP contribution in [0.2, 0.25) is 0 Å². The summed E-state index contributed by atoms with van der Waals surface area (Å²) in [6, 6.07) is 12.1. The lowest BCUT2D eigenvalue weighted by molar-refractivity contribution is 0.0734. The van der Waals surface area contributed by atoms with Crippen LogP contribution in [0.4, 0.5) is 0 Å². The van der Waals surface area contributed by atoms with E-state index in [0.29, 0.717) is 25.7 Å². The van der Waals surface area contributed by atoms with Crippen LogP contribution in [0.25, 0.3) is 0 Å². The average molecular weight is 337 g/mol. The molecule has 0 spiro atoms. The van der Waals surface area contributed by atoms with Crippen molar-refractivity contribution in [3.8, 4) is 11.5 Å². The highest BCUT2D eigenvalue weighted by Gasteiger charge is 2.24. The van der Waals surface area contributed by atoms with Crippen molar-refractivity contribution in [3.63, 3.8) is 0 Å². The highest BCUT2D eigenvalue weighted by molar-refractivity contribution is 5.94. The van der Waals surface area contributed by atoms with Crippen LogP contribution in [0, 0.1) is 0 Å². The van der Waals surface area contributed by atoms with E-state index in [-0.39, 0.29) is 5.91 Å². The zero-order valence-electron chi connectivity index (χ0n) is 14.7. The summed E-state index contributed by atoms with van der Waals surface area (Å²) < 4.78 is 11.3. The zero-order chi connectivity index (χ0) is 17.4. The van der Waals surface area contributed by atoms with Gasteiger partial charge < -0.3 is 14.4 Å². The molecule has 4 heteroatoms. The zero-order valence-corrected chi connectivity index (χ0v) is 14.7. The van der Waals surface area contributed by atoms with Gasteiger partial charge in [-0.3, -0.25) is 4.79 Å². The summed E-state index contributed by atoms with van der Waals surface area (Å²) in [6.07, 6.45) is 0.849. The molecule has 0 aliphatic carbocycles. The number of carbonyl (C=O) groups excluding carboxylic acids is 1. The van der Waals surface area contributed by atoms with E-state index in [2.05, 4.69) is 32.0 Å². The SMILES string of the molecule is CC(C)c1ccc(C(=O)N2CCc3cc4c(cc3C2)OCCO4)cc1. The van der Waals surface area contributed by atoms with Crippen molar-refractivity contribution in [3.05, 3.63) is 58.7 Å². The Morgan fingerprint density at radius 2 is 1.64 bits per heavy atom. The van der Waals surface area contributed by atoms with E-state index in [9.17, 15) is 4.79 Å². The predicted molar refractivity (Wildman–Crippen MR) is 96.4 cm³/mol. The lowest BCUT2D eigenvalue weighted by atomic mass is 9.97. The van der Waals surface area contributed by atoms with Crippen LogP contribution >= 0.6 is 0 Å². The summed E-state index contributed by atoms with van der Waals surface area (Å²) >= 11 is 0. The molecule has 0 saturated carbocycles. The summed E-state index contributed by atoms with van der Waals surface area (Å²) in [5, 5.41) is 0. The van der Waals surface area contributed by atoms with Crippen LogP contribution in [-0.2, 0) is 13.0 Å². The van der Waals surface area contributed by atoms with E-state index < -0.39 is 0 Å². The molecule has 0 radical (unpaired) electrons. The van der Waals surface area contributed by atoms with Crippen LogP contribution in [0.5, 0.6) is 11.5 Å². The molecular weight excluding hydrogens is 314 g/mol. The molecule has 0 atom stereocenters. The Balaban J connectivity index is 1.54. The van der Waals surface area contributed by atoms with Crippen molar-refractivity contribution in [1.82, 2.24) is 4.90 Å². The highest BCUT2D eigenvalue weighted by atomic mass is 16.6. The Labute approximate surface area is 148 Å². The van der Waals surface area contributed by atoms with E-state index in [4.69, 9.17) is 9.47 Å². The predicted octanol–water partition coefficient (Wildman–Crippen LogP) is 3.78. The van der Waals surface area contributed by atoms with Crippen molar-refractivity contribution in [2.45, 2.75) is 32.7 Å². The lowest BCUT2D eigenvalue weighted by Crippen LogP contribution is -2.36. The van der Waals surface area contributed by atoms with Gasteiger partial charge in [0.25, 0.3) is 5.91 Å². The first kappa shape index (κ1) is 16.0. The van der Waals surface area contributed by atoms with Crippen LogP contribution in [0.15, 0.2) is 36.4 Å². The summed E-state index contributed by atoms with van der Waals surface area (Å²) in [6.45, 7) is 6.85. The maximum atomic E-state index is 12.8. The smallest absolute Gasteiger partial charge is 0.254 e. The Bertz CT molecular complexity index is 796. The molecule has 4 rings (SSSR count). The molecule has 0 unspecified atom stereocenters. The van der Waals surface area contributed by atoms with Gasteiger partial charge in [-0.15, -0.1) is 0 Å². The number of carbonyl (C=O) groups is 1. The Hall–Kier alpha value is -2.49. The molecule has 25 heavy (non-hydrogen) atoms. The molecule has 2 aromatic carbocycles. The molecule has 0 bridgehead atoms. The van der Waals surface area contributed by atoms with Gasteiger partial charge in [0.1, 0.15) is 13.2 Å². The highest BCUT2D eigenvalue weighted by Crippen LogP contribution is 2.35. The van der Waals surface area contributed by atoms with E-state index in [1.54, 1.807) is 0 Å². The molecule has 0 N–H and O–H groups in total. The molecule has 0 aromatic heterocycles. The van der Waals surface area contributed by atoms with Crippen molar-refractivity contribution < 1.29 is 14.3 Å². The van der Waals surface area contributed by atoms with E-state index in [1.807, 2.05) is 23.1 Å². The van der Waals surface area contributed by atoms with Crippen LogP contribution in [0.3, 0.4) is 0 Å². The second-order valence-electron chi connectivity index (χ2n) is 7.02. The minimum atomic E-state index is 0.0934. The number of nitrogens with zero attached hydrogens (tertiary/aromatic N) is 1. The fraction of sp³-hybridized carbons (Fsp3) is 0.381. The van der Waals surface area contributed by atoms with Gasteiger partial charge in [-0.25, -0.2) is 0 Å². The molecule has 2 heterocycles. The maximum absolute atomic E-state index is 12.8. The fourth-order valence-electron chi connectivity index (χ4n) is 3.46. The minimum Gasteiger partial charge on any atom is -0.486 e. The molecule has 1 amide bonds. The largest absolute Gasteiger partial charge is 0.486 e. The molecule has 2 aliphatic rings. The van der Waals surface area contributed by atoms with E-state index in [1.165, 1.54) is 11.1 Å². The molecule has 130 valence electrons. The third-order valence-electron chi connectivity index (χ3n) is 4.99. The van der Waals surface area contributed by atoms with E-state index >= 15 is 0 Å². The van der Waals surface area contributed by atoms with Crippen LogP contribution < -0.4 is 9.47 Å². The summed E-state index contributed by atoms with van der Waals surface area (Å²) in [5.41, 5.74) is 4.42. The number of hydrogen-bond acceptors (Lipinski definition) is 3. The number of fused-ring (bicyclic) bond motifs is 2. The first-order valence-electron chi connectivity index (χ1n) is 8.92. The number of amides is 1. The van der Waals surface area contributed by atoms with Crippen LogP contribution in [0.1, 0.15) is 46.8 Å². The Morgan fingerprint density at radius 1 is 1.00 bits per heavy atom. The van der Waals surface area contributed by atoms with Gasteiger partial charge >= 0.3 is 0 Å².